The SMILES string of the molecule is O=C(Nc1ccc(F)c(F)c1)c1cc(NCc2ccccc2)ncn1. The molecule has 5 nitrogen and oxygen atoms in total. The number of hydrogen-bond acceptors (Lipinski definition) is 4. The monoisotopic (exact) mass is 340 g/mol. The molecule has 0 radical (unpaired) electrons. The molecule has 0 fully saturated rings. The molecule has 126 valence electrons. The smallest absolute Gasteiger partial charge is 0.274 e. The van der Waals surface area contributed by atoms with Gasteiger partial charge in [0.05, 0.1) is 0 Å². The summed E-state index contributed by atoms with van der Waals surface area (Å²) in [5.41, 5.74) is 1.31. The van der Waals surface area contributed by atoms with E-state index in [0.29, 0.717) is 12.4 Å². The third-order valence-electron chi connectivity index (χ3n) is 3.39. The van der Waals surface area contributed by atoms with Gasteiger partial charge in [-0.1, -0.05) is 30.3 Å². The summed E-state index contributed by atoms with van der Waals surface area (Å²) in [6, 6.07) is 14.3. The van der Waals surface area contributed by atoms with E-state index < -0.39 is 17.5 Å². The van der Waals surface area contributed by atoms with Gasteiger partial charge in [0.25, 0.3) is 5.91 Å². The molecule has 0 spiro atoms. The second kappa shape index (κ2) is 7.48. The molecular formula is C18H14F2N4O. The number of aromatic nitrogens is 2. The highest BCUT2D eigenvalue weighted by molar-refractivity contribution is 6.03. The molecular weight excluding hydrogens is 326 g/mol. The lowest BCUT2D eigenvalue weighted by atomic mass is 10.2. The normalized spacial score (nSPS) is 10.3. The maximum absolute atomic E-state index is 13.2. The molecule has 3 rings (SSSR count). The summed E-state index contributed by atoms with van der Waals surface area (Å²) in [6.07, 6.45) is 1.26. The van der Waals surface area contributed by atoms with E-state index in [4.69, 9.17) is 0 Å². The Kier molecular flexibility index (Phi) is 4.94. The summed E-state index contributed by atoms with van der Waals surface area (Å²) < 4.78 is 26.1. The highest BCUT2D eigenvalue weighted by Crippen LogP contribution is 2.14. The number of rotatable bonds is 5. The molecule has 1 aromatic heterocycles. The van der Waals surface area contributed by atoms with E-state index in [1.165, 1.54) is 18.5 Å². The first-order valence-corrected chi connectivity index (χ1v) is 7.48. The van der Waals surface area contributed by atoms with Crippen LogP contribution in [0.15, 0.2) is 60.9 Å². The van der Waals surface area contributed by atoms with Crippen LogP contribution in [0.5, 0.6) is 0 Å². The molecule has 0 saturated carbocycles. The van der Waals surface area contributed by atoms with Gasteiger partial charge in [0.1, 0.15) is 17.8 Å². The molecule has 0 aliphatic carbocycles. The summed E-state index contributed by atoms with van der Waals surface area (Å²) >= 11 is 0. The standard InChI is InChI=1S/C18H14F2N4O/c19-14-7-6-13(8-15(14)20)24-18(25)16-9-17(23-11-22-16)21-10-12-4-2-1-3-5-12/h1-9,11H,10H2,(H,24,25)(H,21,22,23). The summed E-state index contributed by atoms with van der Waals surface area (Å²) in [7, 11) is 0. The molecule has 3 aromatic rings. The molecule has 0 aliphatic rings. The Bertz CT molecular complexity index is 887. The van der Waals surface area contributed by atoms with Gasteiger partial charge in [-0.3, -0.25) is 4.79 Å². The average Bonchev–Trinajstić information content (AvgIpc) is 2.64. The van der Waals surface area contributed by atoms with Crippen molar-refractivity contribution in [1.29, 1.82) is 0 Å². The number of benzene rings is 2. The molecule has 2 N–H and O–H groups in total. The minimum absolute atomic E-state index is 0.107. The minimum Gasteiger partial charge on any atom is -0.366 e. The number of carbonyl (C=O) groups is 1. The molecule has 7 heteroatoms. The van der Waals surface area contributed by atoms with Gasteiger partial charge in [0.15, 0.2) is 11.6 Å². The number of nitrogens with zero attached hydrogens (tertiary/aromatic N) is 2. The molecule has 0 saturated heterocycles. The van der Waals surface area contributed by atoms with Gasteiger partial charge >= 0.3 is 0 Å². The third-order valence-corrected chi connectivity index (χ3v) is 3.39. The number of amides is 1. The van der Waals surface area contributed by atoms with E-state index in [1.54, 1.807) is 0 Å². The van der Waals surface area contributed by atoms with E-state index in [0.717, 1.165) is 17.7 Å². The van der Waals surface area contributed by atoms with Gasteiger partial charge < -0.3 is 10.6 Å². The van der Waals surface area contributed by atoms with Crippen molar-refractivity contribution in [3.8, 4) is 0 Å². The van der Waals surface area contributed by atoms with Crippen molar-refractivity contribution in [2.75, 3.05) is 10.6 Å². The topological polar surface area (TPSA) is 66.9 Å². The zero-order valence-corrected chi connectivity index (χ0v) is 13.0. The van der Waals surface area contributed by atoms with Crippen molar-refractivity contribution in [2.24, 2.45) is 0 Å². The van der Waals surface area contributed by atoms with Crippen LogP contribution in [-0.4, -0.2) is 15.9 Å². The molecule has 1 amide bonds. The van der Waals surface area contributed by atoms with Crippen LogP contribution in [0.1, 0.15) is 16.1 Å². The Morgan fingerprint density at radius 2 is 1.76 bits per heavy atom. The van der Waals surface area contributed by atoms with Gasteiger partial charge in [0.2, 0.25) is 0 Å². The largest absolute Gasteiger partial charge is 0.366 e. The zero-order chi connectivity index (χ0) is 17.6. The Balaban J connectivity index is 1.67. The average molecular weight is 340 g/mol. The van der Waals surface area contributed by atoms with Crippen molar-refractivity contribution >= 4 is 17.4 Å². The van der Waals surface area contributed by atoms with Crippen molar-refractivity contribution in [3.05, 3.63) is 83.8 Å². The predicted octanol–water partition coefficient (Wildman–Crippen LogP) is 3.62. The highest BCUT2D eigenvalue weighted by Gasteiger charge is 2.11. The summed E-state index contributed by atoms with van der Waals surface area (Å²) in [4.78, 5) is 20.1. The highest BCUT2D eigenvalue weighted by atomic mass is 19.2. The first-order chi connectivity index (χ1) is 12.1. The second-order valence-corrected chi connectivity index (χ2v) is 5.21. The number of nitrogens with one attached hydrogen (secondary N) is 2. The fourth-order valence-corrected chi connectivity index (χ4v) is 2.14. The van der Waals surface area contributed by atoms with Crippen molar-refractivity contribution in [3.63, 3.8) is 0 Å². The lowest BCUT2D eigenvalue weighted by Crippen LogP contribution is -2.15. The fraction of sp³-hybridized carbons (Fsp3) is 0.0556. The first-order valence-electron chi connectivity index (χ1n) is 7.48. The first kappa shape index (κ1) is 16.5. The predicted molar refractivity (Wildman–Crippen MR) is 90.1 cm³/mol. The van der Waals surface area contributed by atoms with Gasteiger partial charge in [-0.15, -0.1) is 0 Å². The zero-order valence-electron chi connectivity index (χ0n) is 13.0. The van der Waals surface area contributed by atoms with Crippen LogP contribution in [0.3, 0.4) is 0 Å². The second-order valence-electron chi connectivity index (χ2n) is 5.21. The molecule has 25 heavy (non-hydrogen) atoms. The maximum atomic E-state index is 13.2. The minimum atomic E-state index is -1.04. The van der Waals surface area contributed by atoms with Crippen molar-refractivity contribution in [2.45, 2.75) is 6.54 Å². The van der Waals surface area contributed by atoms with Crippen LogP contribution >= 0.6 is 0 Å². The van der Waals surface area contributed by atoms with Crippen molar-refractivity contribution < 1.29 is 13.6 Å². The molecule has 0 bridgehead atoms. The third kappa shape index (κ3) is 4.35. The van der Waals surface area contributed by atoms with E-state index in [-0.39, 0.29) is 11.4 Å². The van der Waals surface area contributed by atoms with Crippen LogP contribution in [0.4, 0.5) is 20.3 Å². The van der Waals surface area contributed by atoms with E-state index in [1.807, 2.05) is 30.3 Å². The Hall–Kier alpha value is -3.35. The number of carbonyl (C=O) groups excluding carboxylic acids is 1. The van der Waals surface area contributed by atoms with Crippen molar-refractivity contribution in [1.82, 2.24) is 9.97 Å². The quantitative estimate of drug-likeness (QED) is 0.744. The summed E-state index contributed by atoms with van der Waals surface area (Å²) in [6.45, 7) is 0.544. The van der Waals surface area contributed by atoms with E-state index in [2.05, 4.69) is 20.6 Å². The number of halogens is 2. The van der Waals surface area contributed by atoms with E-state index in [9.17, 15) is 13.6 Å². The lowest BCUT2D eigenvalue weighted by molar-refractivity contribution is 0.102. The molecule has 0 atom stereocenters. The summed E-state index contributed by atoms with van der Waals surface area (Å²) in [5, 5.41) is 5.56. The Labute approximate surface area is 142 Å². The van der Waals surface area contributed by atoms with E-state index >= 15 is 0 Å². The van der Waals surface area contributed by atoms with Gasteiger partial charge in [-0.2, -0.15) is 0 Å². The van der Waals surface area contributed by atoms with Crippen LogP contribution in [0.25, 0.3) is 0 Å². The van der Waals surface area contributed by atoms with Gasteiger partial charge in [0, 0.05) is 24.4 Å². The number of hydrogen-bond donors (Lipinski definition) is 2. The van der Waals surface area contributed by atoms with Gasteiger partial charge in [-0.25, -0.2) is 18.7 Å². The fourth-order valence-electron chi connectivity index (χ4n) is 2.14. The van der Waals surface area contributed by atoms with Crippen LogP contribution in [0.2, 0.25) is 0 Å². The molecule has 0 unspecified atom stereocenters. The number of anilines is 2. The molecule has 1 heterocycles. The lowest BCUT2D eigenvalue weighted by Gasteiger charge is -2.08. The maximum Gasteiger partial charge on any atom is 0.274 e. The molecule has 2 aromatic carbocycles. The van der Waals surface area contributed by atoms with Crippen LogP contribution in [0, 0.1) is 11.6 Å². The van der Waals surface area contributed by atoms with Crippen LogP contribution < -0.4 is 10.6 Å². The Morgan fingerprint density at radius 1 is 0.960 bits per heavy atom. The molecule has 0 aliphatic heterocycles. The van der Waals surface area contributed by atoms with Gasteiger partial charge in [-0.05, 0) is 17.7 Å². The van der Waals surface area contributed by atoms with Crippen LogP contribution in [-0.2, 0) is 6.54 Å². The Morgan fingerprint density at radius 3 is 2.52 bits per heavy atom. The summed E-state index contributed by atoms with van der Waals surface area (Å²) in [5.74, 6) is -2.08.